The van der Waals surface area contributed by atoms with Gasteiger partial charge in [-0.1, -0.05) is 23.4 Å². The summed E-state index contributed by atoms with van der Waals surface area (Å²) in [5, 5.41) is 0.582. The van der Waals surface area contributed by atoms with Gasteiger partial charge in [-0.2, -0.15) is 0 Å². The average molecular weight is 300 g/mol. The van der Waals surface area contributed by atoms with Gasteiger partial charge in [0.25, 0.3) is 0 Å². The van der Waals surface area contributed by atoms with E-state index in [9.17, 15) is 9.59 Å². The van der Waals surface area contributed by atoms with Gasteiger partial charge >= 0.3 is 0 Å². The van der Waals surface area contributed by atoms with Gasteiger partial charge in [0.2, 0.25) is 5.91 Å². The summed E-state index contributed by atoms with van der Waals surface area (Å²) in [5.74, 6) is 0.352. The molecule has 2 rings (SSSR count). The summed E-state index contributed by atoms with van der Waals surface area (Å²) in [6.45, 7) is 1.65. The van der Waals surface area contributed by atoms with Crippen LogP contribution < -0.4 is 0 Å². The van der Waals surface area contributed by atoms with Crippen LogP contribution in [0.3, 0.4) is 0 Å². The fourth-order valence-electron chi connectivity index (χ4n) is 1.94. The molecule has 0 unspecified atom stereocenters. The number of aldehydes is 1. The maximum absolute atomic E-state index is 12.0. The number of nitrogens with zero attached hydrogens (tertiary/aromatic N) is 3. The van der Waals surface area contributed by atoms with E-state index < -0.39 is 0 Å². The van der Waals surface area contributed by atoms with Crippen LogP contribution in [0.4, 0.5) is 0 Å². The molecule has 0 atom stereocenters. The monoisotopic (exact) mass is 299 g/mol. The van der Waals surface area contributed by atoms with E-state index in [2.05, 4.69) is 9.97 Å². The maximum Gasteiger partial charge on any atom is 0.232 e. The van der Waals surface area contributed by atoms with Crippen LogP contribution in [-0.2, 0) is 4.79 Å². The number of piperidine rings is 1. The summed E-state index contributed by atoms with van der Waals surface area (Å²) in [7, 11) is 0. The Kier molecular flexibility index (Phi) is 5.15. The highest BCUT2D eigenvalue weighted by Gasteiger charge is 2.18. The summed E-state index contributed by atoms with van der Waals surface area (Å²) >= 11 is 7.03. The molecule has 7 heteroatoms. The molecule has 1 aliphatic rings. The minimum atomic E-state index is 0.0799. The van der Waals surface area contributed by atoms with Crippen molar-refractivity contribution in [1.29, 1.82) is 0 Å². The lowest BCUT2D eigenvalue weighted by atomic mass is 10.1. The molecule has 0 saturated carbocycles. The second kappa shape index (κ2) is 6.86. The van der Waals surface area contributed by atoms with Crippen LogP contribution in [0, 0.1) is 0 Å². The molecule has 1 aromatic heterocycles. The van der Waals surface area contributed by atoms with Crippen molar-refractivity contribution in [3.05, 3.63) is 17.0 Å². The Hall–Kier alpha value is -1.14. The summed E-state index contributed by atoms with van der Waals surface area (Å²) in [4.78, 5) is 32.5. The van der Waals surface area contributed by atoms with Gasteiger partial charge in [-0.3, -0.25) is 9.59 Å². The Morgan fingerprint density at radius 1 is 1.37 bits per heavy atom. The Bertz CT molecular complexity index is 478. The molecule has 19 heavy (non-hydrogen) atoms. The lowest BCUT2D eigenvalue weighted by Gasteiger charge is -2.26. The van der Waals surface area contributed by atoms with E-state index >= 15 is 0 Å². The SMILES string of the molecule is O=Cc1c(Cl)ncnc1SCC(=O)N1CCCCC1. The number of likely N-dealkylation sites (tertiary alicyclic amines) is 1. The summed E-state index contributed by atoms with van der Waals surface area (Å²) < 4.78 is 0. The second-order valence-corrected chi connectivity index (χ2v) is 5.55. The predicted molar refractivity (Wildman–Crippen MR) is 73.6 cm³/mol. The quantitative estimate of drug-likeness (QED) is 0.484. The van der Waals surface area contributed by atoms with Crippen molar-refractivity contribution >= 4 is 35.6 Å². The molecule has 1 aliphatic heterocycles. The average Bonchev–Trinajstić information content (AvgIpc) is 2.45. The van der Waals surface area contributed by atoms with E-state index in [-0.39, 0.29) is 22.4 Å². The zero-order chi connectivity index (χ0) is 13.7. The van der Waals surface area contributed by atoms with Crippen molar-refractivity contribution in [3.63, 3.8) is 0 Å². The second-order valence-electron chi connectivity index (χ2n) is 4.23. The Balaban J connectivity index is 1.96. The number of halogens is 1. The van der Waals surface area contributed by atoms with Crippen molar-refractivity contribution in [3.8, 4) is 0 Å². The van der Waals surface area contributed by atoms with Crippen LogP contribution in [0.1, 0.15) is 29.6 Å². The lowest BCUT2D eigenvalue weighted by Crippen LogP contribution is -2.36. The topological polar surface area (TPSA) is 63.2 Å². The number of rotatable bonds is 4. The molecule has 102 valence electrons. The summed E-state index contributed by atoms with van der Waals surface area (Å²) in [5.41, 5.74) is 0.251. The van der Waals surface area contributed by atoms with Gasteiger partial charge in [-0.25, -0.2) is 9.97 Å². The number of carbonyl (C=O) groups is 2. The number of carbonyl (C=O) groups excluding carboxylic acids is 2. The van der Waals surface area contributed by atoms with Gasteiger partial charge < -0.3 is 4.90 Å². The van der Waals surface area contributed by atoms with E-state index in [0.29, 0.717) is 11.3 Å². The normalized spacial score (nSPS) is 15.3. The van der Waals surface area contributed by atoms with Gasteiger partial charge in [-0.15, -0.1) is 0 Å². The van der Waals surface area contributed by atoms with E-state index in [4.69, 9.17) is 11.6 Å². The third kappa shape index (κ3) is 3.67. The highest BCUT2D eigenvalue weighted by atomic mass is 35.5. The van der Waals surface area contributed by atoms with Crippen LogP contribution in [0.15, 0.2) is 11.4 Å². The van der Waals surface area contributed by atoms with Crippen LogP contribution >= 0.6 is 23.4 Å². The molecule has 5 nitrogen and oxygen atoms in total. The van der Waals surface area contributed by atoms with Crippen molar-refractivity contribution in [2.24, 2.45) is 0 Å². The van der Waals surface area contributed by atoms with Crippen LogP contribution in [-0.4, -0.2) is 45.9 Å². The van der Waals surface area contributed by atoms with E-state index in [1.165, 1.54) is 24.5 Å². The smallest absolute Gasteiger partial charge is 0.232 e. The van der Waals surface area contributed by atoms with Crippen LogP contribution in [0.5, 0.6) is 0 Å². The minimum absolute atomic E-state index is 0.0799. The molecule has 1 aromatic rings. The molecule has 1 saturated heterocycles. The van der Waals surface area contributed by atoms with E-state index in [1.807, 2.05) is 4.90 Å². The first-order chi connectivity index (χ1) is 9.22. The molecule has 0 aromatic carbocycles. The first-order valence-corrected chi connectivity index (χ1v) is 7.45. The largest absolute Gasteiger partial charge is 0.342 e. The van der Waals surface area contributed by atoms with Gasteiger partial charge in [0.05, 0.1) is 11.3 Å². The lowest BCUT2D eigenvalue weighted by molar-refractivity contribution is -0.129. The molecule has 0 aliphatic carbocycles. The molecule has 0 bridgehead atoms. The number of hydrogen-bond acceptors (Lipinski definition) is 5. The van der Waals surface area contributed by atoms with E-state index in [0.717, 1.165) is 25.9 Å². The Morgan fingerprint density at radius 2 is 2.11 bits per heavy atom. The molecule has 0 radical (unpaired) electrons. The Labute approximate surface area is 120 Å². The van der Waals surface area contributed by atoms with Crippen molar-refractivity contribution in [2.75, 3.05) is 18.8 Å². The number of thioether (sulfide) groups is 1. The zero-order valence-electron chi connectivity index (χ0n) is 10.3. The van der Waals surface area contributed by atoms with Crippen molar-refractivity contribution in [1.82, 2.24) is 14.9 Å². The van der Waals surface area contributed by atoms with Crippen LogP contribution in [0.25, 0.3) is 0 Å². The molecule has 2 heterocycles. The van der Waals surface area contributed by atoms with Crippen molar-refractivity contribution in [2.45, 2.75) is 24.3 Å². The van der Waals surface area contributed by atoms with Gasteiger partial charge in [-0.05, 0) is 19.3 Å². The third-order valence-corrected chi connectivity index (χ3v) is 4.25. The molecular formula is C12H14ClN3O2S. The number of hydrogen-bond donors (Lipinski definition) is 0. The molecule has 1 fully saturated rings. The maximum atomic E-state index is 12.0. The molecule has 1 amide bonds. The molecular weight excluding hydrogens is 286 g/mol. The van der Waals surface area contributed by atoms with Gasteiger partial charge in [0.15, 0.2) is 6.29 Å². The van der Waals surface area contributed by atoms with Crippen molar-refractivity contribution < 1.29 is 9.59 Å². The number of aromatic nitrogens is 2. The predicted octanol–water partition coefficient (Wildman–Crippen LogP) is 2.05. The Morgan fingerprint density at radius 3 is 2.79 bits per heavy atom. The van der Waals surface area contributed by atoms with Gasteiger partial charge in [0.1, 0.15) is 16.5 Å². The summed E-state index contributed by atoms with van der Waals surface area (Å²) in [6, 6.07) is 0. The number of amides is 1. The van der Waals surface area contributed by atoms with Gasteiger partial charge in [0, 0.05) is 13.1 Å². The summed E-state index contributed by atoms with van der Waals surface area (Å²) in [6.07, 6.45) is 5.23. The highest BCUT2D eigenvalue weighted by Crippen LogP contribution is 2.23. The standard InChI is InChI=1S/C12H14ClN3O2S/c13-11-9(6-17)12(15-8-14-11)19-7-10(18)16-4-2-1-3-5-16/h6,8H,1-5,7H2. The first kappa shape index (κ1) is 14.3. The van der Waals surface area contributed by atoms with E-state index in [1.54, 1.807) is 0 Å². The molecule has 0 N–H and O–H groups in total. The fraction of sp³-hybridized carbons (Fsp3) is 0.500. The molecule has 0 spiro atoms. The first-order valence-electron chi connectivity index (χ1n) is 6.08. The highest BCUT2D eigenvalue weighted by molar-refractivity contribution is 8.00. The third-order valence-electron chi connectivity index (χ3n) is 2.96. The fourth-order valence-corrected chi connectivity index (χ4v) is 3.04. The minimum Gasteiger partial charge on any atom is -0.342 e. The zero-order valence-corrected chi connectivity index (χ0v) is 11.9. The van der Waals surface area contributed by atoms with Crippen LogP contribution in [0.2, 0.25) is 5.15 Å².